The Kier molecular flexibility index (Phi) is 4.62. The second-order valence-electron chi connectivity index (χ2n) is 4.24. The Bertz CT molecular complexity index is 374. The first-order valence-corrected chi connectivity index (χ1v) is 5.39. The molecule has 0 aliphatic heterocycles. The van der Waals surface area contributed by atoms with Crippen molar-refractivity contribution in [1.29, 1.82) is 0 Å². The Labute approximate surface area is 100 Å². The summed E-state index contributed by atoms with van der Waals surface area (Å²) in [6, 6.07) is 6.90. The lowest BCUT2D eigenvalue weighted by Crippen LogP contribution is -2.43. The molecular formula is C12H18N2O3. The molecule has 0 radical (unpaired) electrons. The van der Waals surface area contributed by atoms with Gasteiger partial charge in [-0.2, -0.15) is 0 Å². The zero-order valence-corrected chi connectivity index (χ0v) is 9.81. The third kappa shape index (κ3) is 4.14. The smallest absolute Gasteiger partial charge is 0.251 e. The molecule has 5 nitrogen and oxygen atoms in total. The van der Waals surface area contributed by atoms with Gasteiger partial charge in [0, 0.05) is 18.7 Å². The van der Waals surface area contributed by atoms with Gasteiger partial charge in [-0.05, 0) is 24.6 Å². The van der Waals surface area contributed by atoms with E-state index in [1.165, 1.54) is 6.92 Å². The molecular weight excluding hydrogens is 220 g/mol. The van der Waals surface area contributed by atoms with E-state index in [2.05, 4.69) is 5.32 Å². The highest BCUT2D eigenvalue weighted by Gasteiger charge is 2.19. The van der Waals surface area contributed by atoms with Gasteiger partial charge in [-0.25, -0.2) is 0 Å². The topological polar surface area (TPSA) is 95.6 Å². The molecule has 0 heterocycles. The van der Waals surface area contributed by atoms with Crippen LogP contribution in [0.5, 0.6) is 0 Å². The number of nitrogens with two attached hydrogens (primary N) is 1. The van der Waals surface area contributed by atoms with Gasteiger partial charge in [0.1, 0.15) is 5.60 Å². The lowest BCUT2D eigenvalue weighted by atomic mass is 10.1. The summed E-state index contributed by atoms with van der Waals surface area (Å²) >= 11 is 0. The van der Waals surface area contributed by atoms with Crippen molar-refractivity contribution >= 4 is 5.91 Å². The Balaban J connectivity index is 2.58. The van der Waals surface area contributed by atoms with Crippen molar-refractivity contribution in [1.82, 2.24) is 5.32 Å². The molecule has 1 atom stereocenters. The lowest BCUT2D eigenvalue weighted by Gasteiger charge is -2.20. The zero-order valence-electron chi connectivity index (χ0n) is 9.81. The Morgan fingerprint density at radius 2 is 2.00 bits per heavy atom. The first-order chi connectivity index (χ1) is 7.98. The molecule has 0 spiro atoms. The number of nitrogens with one attached hydrogen (secondary N) is 1. The number of amides is 1. The number of carbonyl (C=O) groups is 1. The molecule has 1 amide bonds. The average Bonchev–Trinajstić information content (AvgIpc) is 2.36. The van der Waals surface area contributed by atoms with E-state index in [1.807, 2.05) is 0 Å². The summed E-state index contributed by atoms with van der Waals surface area (Å²) in [5.74, 6) is -0.290. The molecule has 1 rings (SSSR count). The summed E-state index contributed by atoms with van der Waals surface area (Å²) in [7, 11) is 0. The van der Waals surface area contributed by atoms with Crippen molar-refractivity contribution in [2.45, 2.75) is 19.1 Å². The third-order valence-corrected chi connectivity index (χ3v) is 2.42. The Morgan fingerprint density at radius 1 is 1.41 bits per heavy atom. The van der Waals surface area contributed by atoms with Crippen LogP contribution in [0.3, 0.4) is 0 Å². The van der Waals surface area contributed by atoms with Gasteiger partial charge in [-0.3, -0.25) is 4.79 Å². The SMILES string of the molecule is CC(O)(CO)CNC(=O)c1ccc(CN)cc1. The molecule has 0 fully saturated rings. The van der Waals surface area contributed by atoms with Gasteiger partial charge >= 0.3 is 0 Å². The molecule has 1 aromatic rings. The fraction of sp³-hybridized carbons (Fsp3) is 0.417. The van der Waals surface area contributed by atoms with Crippen LogP contribution in [0.2, 0.25) is 0 Å². The third-order valence-electron chi connectivity index (χ3n) is 2.42. The van der Waals surface area contributed by atoms with Gasteiger partial charge in [0.2, 0.25) is 0 Å². The van der Waals surface area contributed by atoms with E-state index in [1.54, 1.807) is 24.3 Å². The van der Waals surface area contributed by atoms with Crippen LogP contribution >= 0.6 is 0 Å². The lowest BCUT2D eigenvalue weighted by molar-refractivity contribution is 0.00320. The number of carbonyl (C=O) groups excluding carboxylic acids is 1. The summed E-state index contributed by atoms with van der Waals surface area (Å²) in [5.41, 5.74) is 5.59. The molecule has 94 valence electrons. The maximum atomic E-state index is 11.7. The maximum absolute atomic E-state index is 11.7. The Hall–Kier alpha value is -1.43. The number of rotatable bonds is 5. The molecule has 1 aromatic carbocycles. The first kappa shape index (κ1) is 13.6. The van der Waals surface area contributed by atoms with Crippen LogP contribution in [0.15, 0.2) is 24.3 Å². The first-order valence-electron chi connectivity index (χ1n) is 5.39. The fourth-order valence-electron chi connectivity index (χ4n) is 1.22. The van der Waals surface area contributed by atoms with E-state index in [0.29, 0.717) is 12.1 Å². The van der Waals surface area contributed by atoms with E-state index >= 15 is 0 Å². The van der Waals surface area contributed by atoms with Crippen molar-refractivity contribution in [2.24, 2.45) is 5.73 Å². The quantitative estimate of drug-likeness (QED) is 0.562. The average molecular weight is 238 g/mol. The maximum Gasteiger partial charge on any atom is 0.251 e. The minimum Gasteiger partial charge on any atom is -0.393 e. The second-order valence-corrected chi connectivity index (χ2v) is 4.24. The Morgan fingerprint density at radius 3 is 2.47 bits per heavy atom. The number of hydrogen-bond donors (Lipinski definition) is 4. The van der Waals surface area contributed by atoms with Gasteiger partial charge < -0.3 is 21.3 Å². The van der Waals surface area contributed by atoms with Crippen molar-refractivity contribution in [3.8, 4) is 0 Å². The summed E-state index contributed by atoms with van der Waals surface area (Å²) < 4.78 is 0. The molecule has 0 bridgehead atoms. The molecule has 0 saturated heterocycles. The van der Waals surface area contributed by atoms with E-state index in [9.17, 15) is 9.90 Å². The zero-order chi connectivity index (χ0) is 12.9. The van der Waals surface area contributed by atoms with Crippen LogP contribution < -0.4 is 11.1 Å². The van der Waals surface area contributed by atoms with Gasteiger partial charge in [0.25, 0.3) is 5.91 Å². The van der Waals surface area contributed by atoms with Crippen LogP contribution in [0.4, 0.5) is 0 Å². The van der Waals surface area contributed by atoms with E-state index < -0.39 is 12.2 Å². The van der Waals surface area contributed by atoms with Gasteiger partial charge in [0.05, 0.1) is 6.61 Å². The van der Waals surface area contributed by atoms with Gasteiger partial charge in [-0.15, -0.1) is 0 Å². The van der Waals surface area contributed by atoms with Crippen LogP contribution in [0.25, 0.3) is 0 Å². The van der Waals surface area contributed by atoms with Crippen molar-refractivity contribution in [3.63, 3.8) is 0 Å². The predicted molar refractivity (Wildman–Crippen MR) is 64.4 cm³/mol. The van der Waals surface area contributed by atoms with E-state index in [0.717, 1.165) is 5.56 Å². The molecule has 17 heavy (non-hydrogen) atoms. The number of benzene rings is 1. The summed E-state index contributed by atoms with van der Waals surface area (Å²) in [5, 5.41) is 20.9. The largest absolute Gasteiger partial charge is 0.393 e. The molecule has 0 aliphatic rings. The van der Waals surface area contributed by atoms with Gasteiger partial charge in [-0.1, -0.05) is 12.1 Å². The molecule has 0 aliphatic carbocycles. The summed E-state index contributed by atoms with van der Waals surface area (Å²) in [4.78, 5) is 11.7. The minimum atomic E-state index is -1.30. The number of aliphatic hydroxyl groups excluding tert-OH is 1. The number of aliphatic hydroxyl groups is 2. The van der Waals surface area contributed by atoms with Crippen molar-refractivity contribution in [2.75, 3.05) is 13.2 Å². The van der Waals surface area contributed by atoms with Crippen LogP contribution in [0, 0.1) is 0 Å². The molecule has 5 N–H and O–H groups in total. The van der Waals surface area contributed by atoms with Crippen LogP contribution in [0.1, 0.15) is 22.8 Å². The predicted octanol–water partition coefficient (Wildman–Crippen LogP) is -0.382. The normalized spacial score (nSPS) is 14.1. The van der Waals surface area contributed by atoms with Crippen LogP contribution in [-0.2, 0) is 6.54 Å². The monoisotopic (exact) mass is 238 g/mol. The van der Waals surface area contributed by atoms with Crippen LogP contribution in [-0.4, -0.2) is 34.9 Å². The highest BCUT2D eigenvalue weighted by Crippen LogP contribution is 2.05. The highest BCUT2D eigenvalue weighted by atomic mass is 16.3. The fourth-order valence-corrected chi connectivity index (χ4v) is 1.22. The summed E-state index contributed by atoms with van der Waals surface area (Å²) in [6.07, 6.45) is 0. The standard InChI is InChI=1S/C12H18N2O3/c1-12(17,8-15)7-14-11(16)10-4-2-9(6-13)3-5-10/h2-5,15,17H,6-8,13H2,1H3,(H,14,16). The molecule has 1 unspecified atom stereocenters. The molecule has 5 heteroatoms. The minimum absolute atomic E-state index is 0.000966. The molecule has 0 aromatic heterocycles. The van der Waals surface area contributed by atoms with Crippen molar-refractivity contribution < 1.29 is 15.0 Å². The van der Waals surface area contributed by atoms with Crippen molar-refractivity contribution in [3.05, 3.63) is 35.4 Å². The molecule has 0 saturated carbocycles. The highest BCUT2D eigenvalue weighted by molar-refractivity contribution is 5.94. The second kappa shape index (κ2) is 5.77. The number of hydrogen-bond acceptors (Lipinski definition) is 4. The van der Waals surface area contributed by atoms with E-state index in [4.69, 9.17) is 10.8 Å². The van der Waals surface area contributed by atoms with E-state index in [-0.39, 0.29) is 12.5 Å². The van der Waals surface area contributed by atoms with Gasteiger partial charge in [0.15, 0.2) is 0 Å². The summed E-state index contributed by atoms with van der Waals surface area (Å²) in [6.45, 7) is 1.48.